The maximum atomic E-state index is 13.5. The minimum atomic E-state index is -0.195. The highest BCUT2D eigenvalue weighted by atomic mass is 19.1. The molecule has 0 bridgehead atoms. The number of aromatic nitrogens is 1. The van der Waals surface area contributed by atoms with Crippen LogP contribution in [0.3, 0.4) is 0 Å². The number of unbranched alkanes of at least 4 members (excludes halogenated alkanes) is 2. The first-order chi connectivity index (χ1) is 16.1. The smallest absolute Gasteiger partial charge is 0.257 e. The Labute approximate surface area is 195 Å². The maximum Gasteiger partial charge on any atom is 0.257 e. The summed E-state index contributed by atoms with van der Waals surface area (Å²) in [4.78, 5) is 21.5. The summed E-state index contributed by atoms with van der Waals surface area (Å²) in [6.45, 7) is 3.55. The first-order valence-corrected chi connectivity index (χ1v) is 11.9. The fraction of sp³-hybridized carbons (Fsp3) is 0.520. The first kappa shape index (κ1) is 23.6. The quantitative estimate of drug-likeness (QED) is 0.566. The molecule has 178 valence electrons. The maximum absolute atomic E-state index is 13.5. The molecule has 2 aromatic rings. The van der Waals surface area contributed by atoms with E-state index in [0.29, 0.717) is 24.8 Å². The highest BCUT2D eigenvalue weighted by molar-refractivity contribution is 5.98. The van der Waals surface area contributed by atoms with Gasteiger partial charge in [-0.2, -0.15) is 0 Å². The number of hydrogen-bond donors (Lipinski definition) is 2. The molecule has 4 rings (SSSR count). The second-order valence-corrected chi connectivity index (χ2v) is 8.88. The van der Waals surface area contributed by atoms with Gasteiger partial charge in [0.05, 0.1) is 18.8 Å². The average molecular weight is 456 g/mol. The second-order valence-electron chi connectivity index (χ2n) is 8.88. The van der Waals surface area contributed by atoms with E-state index in [9.17, 15) is 9.18 Å². The molecule has 2 aliphatic heterocycles. The molecule has 2 saturated heterocycles. The number of nitrogens with one attached hydrogen (secondary N) is 2. The Morgan fingerprint density at radius 2 is 2.03 bits per heavy atom. The fourth-order valence-corrected chi connectivity index (χ4v) is 4.57. The van der Waals surface area contributed by atoms with Gasteiger partial charge in [0.2, 0.25) is 0 Å². The summed E-state index contributed by atoms with van der Waals surface area (Å²) in [7, 11) is 1.87. The van der Waals surface area contributed by atoms with Crippen molar-refractivity contribution in [3.8, 4) is 0 Å². The molecule has 1 amide bonds. The number of morpholine rings is 1. The number of carbonyl (C=O) groups excluding carboxylic acids is 1. The molecule has 1 aromatic heterocycles. The molecule has 2 aliphatic rings. The van der Waals surface area contributed by atoms with Crippen molar-refractivity contribution >= 4 is 11.7 Å². The zero-order chi connectivity index (χ0) is 23.0. The molecule has 0 spiro atoms. The normalized spacial score (nSPS) is 20.7. The van der Waals surface area contributed by atoms with Crippen LogP contribution in [0.25, 0.3) is 0 Å². The Balaban J connectivity index is 1.18. The minimum Gasteiger partial charge on any atom is -0.378 e. The number of amides is 1. The Morgan fingerprint density at radius 3 is 2.85 bits per heavy atom. The van der Waals surface area contributed by atoms with E-state index in [0.717, 1.165) is 63.1 Å². The van der Waals surface area contributed by atoms with Crippen molar-refractivity contribution in [1.82, 2.24) is 20.7 Å². The Hall–Kier alpha value is -2.55. The number of anilines is 1. The molecule has 0 saturated carbocycles. The van der Waals surface area contributed by atoms with Crippen molar-refractivity contribution in [2.24, 2.45) is 0 Å². The van der Waals surface area contributed by atoms with Gasteiger partial charge in [0.25, 0.3) is 5.91 Å². The number of rotatable bonds is 9. The van der Waals surface area contributed by atoms with Gasteiger partial charge in [-0.15, -0.1) is 0 Å². The molecule has 0 aliphatic carbocycles. The zero-order valence-corrected chi connectivity index (χ0v) is 19.3. The summed E-state index contributed by atoms with van der Waals surface area (Å²) in [5.41, 5.74) is 8.27. The van der Waals surface area contributed by atoms with Gasteiger partial charge in [-0.3, -0.25) is 15.6 Å². The van der Waals surface area contributed by atoms with Crippen LogP contribution < -0.4 is 15.8 Å². The van der Waals surface area contributed by atoms with Crippen LogP contribution in [0.4, 0.5) is 10.2 Å². The number of carbonyl (C=O) groups is 1. The first-order valence-electron chi connectivity index (χ1n) is 11.9. The average Bonchev–Trinajstić information content (AvgIpc) is 3.33. The Kier molecular flexibility index (Phi) is 8.25. The molecular weight excluding hydrogens is 421 g/mol. The molecule has 7 nitrogen and oxygen atoms in total. The fourth-order valence-electron chi connectivity index (χ4n) is 4.57. The van der Waals surface area contributed by atoms with Gasteiger partial charge in [0, 0.05) is 45.0 Å². The SMILES string of the molecule is CN(CCCCCC1CC(c2cccc(F)c2)NN1)C(=O)c1cccnc1N1CCOCC1. The van der Waals surface area contributed by atoms with Crippen LogP contribution in [0.5, 0.6) is 0 Å². The van der Waals surface area contributed by atoms with Gasteiger partial charge in [0.1, 0.15) is 11.6 Å². The summed E-state index contributed by atoms with van der Waals surface area (Å²) in [6.07, 6.45) is 6.86. The summed E-state index contributed by atoms with van der Waals surface area (Å²) in [5, 5.41) is 0. The van der Waals surface area contributed by atoms with Crippen LogP contribution in [-0.4, -0.2) is 61.7 Å². The highest BCUT2D eigenvalue weighted by Gasteiger charge is 2.25. The molecular formula is C25H34FN5O2. The van der Waals surface area contributed by atoms with Gasteiger partial charge in [-0.05, 0) is 49.1 Å². The van der Waals surface area contributed by atoms with Crippen LogP contribution in [0.15, 0.2) is 42.6 Å². The predicted octanol–water partition coefficient (Wildman–Crippen LogP) is 3.30. The van der Waals surface area contributed by atoms with Crippen molar-refractivity contribution in [3.05, 3.63) is 59.5 Å². The predicted molar refractivity (Wildman–Crippen MR) is 127 cm³/mol. The number of pyridine rings is 1. The summed E-state index contributed by atoms with van der Waals surface area (Å²) >= 11 is 0. The van der Waals surface area contributed by atoms with E-state index in [-0.39, 0.29) is 17.8 Å². The minimum absolute atomic E-state index is 0.0178. The topological polar surface area (TPSA) is 69.7 Å². The van der Waals surface area contributed by atoms with Gasteiger partial charge < -0.3 is 14.5 Å². The largest absolute Gasteiger partial charge is 0.378 e. The van der Waals surface area contributed by atoms with E-state index in [2.05, 4.69) is 20.7 Å². The number of nitrogens with zero attached hydrogens (tertiary/aromatic N) is 3. The lowest BCUT2D eigenvalue weighted by Crippen LogP contribution is -2.38. The second kappa shape index (κ2) is 11.5. The molecule has 8 heteroatoms. The Bertz CT molecular complexity index is 921. The molecule has 2 N–H and O–H groups in total. The number of benzene rings is 1. The van der Waals surface area contributed by atoms with Crippen LogP contribution in [0.1, 0.15) is 54.1 Å². The summed E-state index contributed by atoms with van der Waals surface area (Å²) in [5.74, 6) is 0.578. The highest BCUT2D eigenvalue weighted by Crippen LogP contribution is 2.25. The van der Waals surface area contributed by atoms with Crippen molar-refractivity contribution < 1.29 is 13.9 Å². The van der Waals surface area contributed by atoms with Crippen molar-refractivity contribution in [2.75, 3.05) is 44.8 Å². The van der Waals surface area contributed by atoms with E-state index in [1.165, 1.54) is 6.07 Å². The van der Waals surface area contributed by atoms with Crippen molar-refractivity contribution in [2.45, 2.75) is 44.2 Å². The van der Waals surface area contributed by atoms with Crippen molar-refractivity contribution in [1.29, 1.82) is 0 Å². The molecule has 2 unspecified atom stereocenters. The van der Waals surface area contributed by atoms with Crippen LogP contribution >= 0.6 is 0 Å². The van der Waals surface area contributed by atoms with E-state index >= 15 is 0 Å². The van der Waals surface area contributed by atoms with Gasteiger partial charge in [-0.25, -0.2) is 9.37 Å². The third-order valence-electron chi connectivity index (χ3n) is 6.45. The lowest BCUT2D eigenvalue weighted by atomic mass is 9.99. The van der Waals surface area contributed by atoms with Gasteiger partial charge in [0.15, 0.2) is 0 Å². The molecule has 3 heterocycles. The van der Waals surface area contributed by atoms with Crippen molar-refractivity contribution in [3.63, 3.8) is 0 Å². The third kappa shape index (κ3) is 6.28. The van der Waals surface area contributed by atoms with Crippen LogP contribution in [-0.2, 0) is 4.74 Å². The van der Waals surface area contributed by atoms with E-state index in [1.807, 2.05) is 25.2 Å². The Morgan fingerprint density at radius 1 is 1.18 bits per heavy atom. The van der Waals surface area contributed by atoms with E-state index < -0.39 is 0 Å². The van der Waals surface area contributed by atoms with Crippen LogP contribution in [0.2, 0.25) is 0 Å². The monoisotopic (exact) mass is 455 g/mol. The number of halogens is 1. The molecule has 2 fully saturated rings. The van der Waals surface area contributed by atoms with Gasteiger partial charge >= 0.3 is 0 Å². The summed E-state index contributed by atoms with van der Waals surface area (Å²) < 4.78 is 18.9. The standard InChI is InChI=1S/C25H34FN5O2/c1-30(25(32)22-10-6-11-27-24(22)31-13-15-33-16-14-31)12-4-2-3-9-21-18-23(29-28-21)19-7-5-8-20(26)17-19/h5-8,10-11,17,21,23,28-29H,2-4,9,12-16,18H2,1H3. The summed E-state index contributed by atoms with van der Waals surface area (Å²) in [6, 6.07) is 11.0. The molecule has 33 heavy (non-hydrogen) atoms. The molecule has 0 radical (unpaired) electrons. The number of hydrogen-bond acceptors (Lipinski definition) is 6. The van der Waals surface area contributed by atoms with Crippen LogP contribution in [0, 0.1) is 5.82 Å². The van der Waals surface area contributed by atoms with E-state index in [4.69, 9.17) is 4.74 Å². The zero-order valence-electron chi connectivity index (χ0n) is 19.3. The lowest BCUT2D eigenvalue weighted by molar-refractivity contribution is 0.0791. The van der Waals surface area contributed by atoms with E-state index in [1.54, 1.807) is 23.2 Å². The number of hydrazine groups is 1. The molecule has 2 atom stereocenters. The van der Waals surface area contributed by atoms with Gasteiger partial charge in [-0.1, -0.05) is 25.0 Å². The third-order valence-corrected chi connectivity index (χ3v) is 6.45. The lowest BCUT2D eigenvalue weighted by Gasteiger charge is -2.30. The molecule has 1 aromatic carbocycles. The number of ether oxygens (including phenoxy) is 1.